The monoisotopic (exact) mass is 239 g/mol. The number of thioether (sulfide) groups is 1. The number of carbonyl (C=O) groups excluding carboxylic acids is 3. The Labute approximate surface area is 95.8 Å². The van der Waals surface area contributed by atoms with Gasteiger partial charge in [-0.3, -0.25) is 19.3 Å². The number of amides is 2. The van der Waals surface area contributed by atoms with Crippen LogP contribution in [0.25, 0.3) is 0 Å². The minimum atomic E-state index is -0.366. The number of furan rings is 1. The van der Waals surface area contributed by atoms with E-state index in [1.807, 2.05) is 0 Å². The van der Waals surface area contributed by atoms with Gasteiger partial charge in [0.15, 0.2) is 5.76 Å². The molecule has 0 atom stereocenters. The fourth-order valence-electron chi connectivity index (χ4n) is 1.35. The normalized spacial score (nSPS) is 16.6. The van der Waals surface area contributed by atoms with Crippen LogP contribution in [0.3, 0.4) is 0 Å². The molecule has 0 spiro atoms. The Morgan fingerprint density at radius 3 is 2.94 bits per heavy atom. The molecule has 1 fully saturated rings. The molecule has 0 saturated carbocycles. The van der Waals surface area contributed by atoms with Gasteiger partial charge in [0.05, 0.1) is 12.8 Å². The van der Waals surface area contributed by atoms with E-state index >= 15 is 0 Å². The van der Waals surface area contributed by atoms with Gasteiger partial charge in [-0.15, -0.1) is 0 Å². The number of hydrogen-bond acceptors (Lipinski definition) is 5. The molecule has 0 unspecified atom stereocenters. The summed E-state index contributed by atoms with van der Waals surface area (Å²) < 4.78 is 4.90. The van der Waals surface area contributed by atoms with Gasteiger partial charge in [0.25, 0.3) is 5.24 Å². The Morgan fingerprint density at radius 1 is 1.50 bits per heavy atom. The minimum Gasteiger partial charge on any atom is -0.461 e. The zero-order chi connectivity index (χ0) is 11.5. The van der Waals surface area contributed by atoms with Crippen LogP contribution in [-0.2, 0) is 4.79 Å². The van der Waals surface area contributed by atoms with Gasteiger partial charge >= 0.3 is 0 Å². The molecule has 2 amide bonds. The summed E-state index contributed by atoms with van der Waals surface area (Å²) in [4.78, 5) is 35.4. The Balaban J connectivity index is 2.06. The van der Waals surface area contributed by atoms with Gasteiger partial charge in [0.1, 0.15) is 0 Å². The van der Waals surface area contributed by atoms with E-state index < -0.39 is 0 Å². The summed E-state index contributed by atoms with van der Waals surface area (Å²) in [7, 11) is 0. The summed E-state index contributed by atoms with van der Waals surface area (Å²) >= 11 is 1.05. The molecule has 0 radical (unpaired) electrons. The fraction of sp³-hybridized carbons (Fsp3) is 0.300. The first-order valence-electron chi connectivity index (χ1n) is 4.72. The summed E-state index contributed by atoms with van der Waals surface area (Å²) in [6.07, 6.45) is 1.67. The van der Waals surface area contributed by atoms with Crippen molar-refractivity contribution in [1.82, 2.24) is 4.90 Å². The lowest BCUT2D eigenvalue weighted by Gasteiger charge is -2.22. The molecule has 2 heterocycles. The lowest BCUT2D eigenvalue weighted by atomic mass is 10.2. The third kappa shape index (κ3) is 2.16. The smallest absolute Gasteiger partial charge is 0.288 e. The van der Waals surface area contributed by atoms with Crippen molar-refractivity contribution < 1.29 is 18.8 Å². The quantitative estimate of drug-likeness (QED) is 0.748. The lowest BCUT2D eigenvalue weighted by Crippen LogP contribution is -2.41. The molecule has 6 heteroatoms. The van der Waals surface area contributed by atoms with Crippen molar-refractivity contribution in [3.05, 3.63) is 24.2 Å². The molecular weight excluding hydrogens is 230 g/mol. The SMILES string of the molecule is O=C(CN1C(=O)CCSC1=O)c1ccco1. The Hall–Kier alpha value is -1.56. The van der Waals surface area contributed by atoms with Gasteiger partial charge in [-0.1, -0.05) is 11.8 Å². The zero-order valence-electron chi connectivity index (χ0n) is 8.34. The average Bonchev–Trinajstić information content (AvgIpc) is 2.76. The summed E-state index contributed by atoms with van der Waals surface area (Å²) in [6, 6.07) is 3.09. The third-order valence-electron chi connectivity index (χ3n) is 2.16. The van der Waals surface area contributed by atoms with E-state index in [4.69, 9.17) is 4.42 Å². The maximum atomic E-state index is 11.6. The maximum absolute atomic E-state index is 11.6. The largest absolute Gasteiger partial charge is 0.461 e. The van der Waals surface area contributed by atoms with Crippen LogP contribution in [0, 0.1) is 0 Å². The maximum Gasteiger partial charge on any atom is 0.288 e. The van der Waals surface area contributed by atoms with Crippen molar-refractivity contribution in [3.8, 4) is 0 Å². The highest BCUT2D eigenvalue weighted by Gasteiger charge is 2.29. The van der Waals surface area contributed by atoms with Crippen LogP contribution in [0.1, 0.15) is 17.0 Å². The fourth-order valence-corrected chi connectivity index (χ4v) is 2.13. The summed E-state index contributed by atoms with van der Waals surface area (Å²) in [5.41, 5.74) is 0. The highest BCUT2D eigenvalue weighted by molar-refractivity contribution is 8.13. The predicted molar refractivity (Wildman–Crippen MR) is 57.2 cm³/mol. The molecule has 5 nitrogen and oxygen atoms in total. The van der Waals surface area contributed by atoms with E-state index in [9.17, 15) is 14.4 Å². The van der Waals surface area contributed by atoms with Gasteiger partial charge < -0.3 is 4.42 Å². The number of ketones is 1. The van der Waals surface area contributed by atoms with E-state index in [1.54, 1.807) is 6.07 Å². The lowest BCUT2D eigenvalue weighted by molar-refractivity contribution is -0.127. The van der Waals surface area contributed by atoms with Crippen molar-refractivity contribution >= 4 is 28.7 Å². The Bertz CT molecular complexity index is 410. The predicted octanol–water partition coefficient (Wildman–Crippen LogP) is 1.55. The molecule has 0 aromatic carbocycles. The molecule has 0 aliphatic carbocycles. The first-order valence-corrected chi connectivity index (χ1v) is 5.71. The number of Topliss-reactive ketones (excluding diaryl/α,β-unsaturated/α-hetero) is 1. The molecule has 1 aliphatic rings. The van der Waals surface area contributed by atoms with Gasteiger partial charge in [0.2, 0.25) is 11.7 Å². The molecule has 1 aromatic heterocycles. The van der Waals surface area contributed by atoms with Gasteiger partial charge in [0, 0.05) is 12.2 Å². The highest BCUT2D eigenvalue weighted by Crippen LogP contribution is 2.18. The molecule has 1 aromatic rings. The molecule has 1 aliphatic heterocycles. The number of imide groups is 1. The van der Waals surface area contributed by atoms with E-state index in [0.717, 1.165) is 16.7 Å². The van der Waals surface area contributed by atoms with E-state index in [1.165, 1.54) is 12.3 Å². The number of hydrogen-bond donors (Lipinski definition) is 0. The van der Waals surface area contributed by atoms with Crippen LogP contribution in [0.2, 0.25) is 0 Å². The topological polar surface area (TPSA) is 67.6 Å². The Morgan fingerprint density at radius 2 is 2.31 bits per heavy atom. The third-order valence-corrected chi connectivity index (χ3v) is 3.04. The molecule has 0 N–H and O–H groups in total. The summed E-state index contributed by atoms with van der Waals surface area (Å²) in [5.74, 6) is -0.0163. The molecule has 0 bridgehead atoms. The van der Waals surface area contributed by atoms with Crippen LogP contribution in [0.15, 0.2) is 22.8 Å². The van der Waals surface area contributed by atoms with Crippen LogP contribution >= 0.6 is 11.8 Å². The standard InChI is InChI=1S/C10H9NO4S/c12-7(8-2-1-4-15-8)6-11-9(13)3-5-16-10(11)14/h1-2,4H,3,5-6H2. The van der Waals surface area contributed by atoms with E-state index in [0.29, 0.717) is 12.2 Å². The van der Waals surface area contributed by atoms with Crippen molar-refractivity contribution in [2.24, 2.45) is 0 Å². The minimum absolute atomic E-state index is 0.163. The van der Waals surface area contributed by atoms with Gasteiger partial charge in [-0.2, -0.15) is 0 Å². The first kappa shape index (κ1) is 10.9. The second-order valence-electron chi connectivity index (χ2n) is 3.24. The van der Waals surface area contributed by atoms with E-state index in [2.05, 4.69) is 0 Å². The van der Waals surface area contributed by atoms with Crippen molar-refractivity contribution in [2.45, 2.75) is 6.42 Å². The van der Waals surface area contributed by atoms with Crippen LogP contribution in [0.4, 0.5) is 4.79 Å². The zero-order valence-corrected chi connectivity index (χ0v) is 9.16. The molecule has 2 rings (SSSR count). The molecule has 84 valence electrons. The van der Waals surface area contributed by atoms with Crippen molar-refractivity contribution in [1.29, 1.82) is 0 Å². The van der Waals surface area contributed by atoms with Gasteiger partial charge in [-0.25, -0.2) is 0 Å². The van der Waals surface area contributed by atoms with Crippen LogP contribution in [0.5, 0.6) is 0 Å². The number of carbonyl (C=O) groups is 3. The summed E-state index contributed by atoms with van der Waals surface area (Å²) in [5, 5.41) is -0.365. The molecule has 1 saturated heterocycles. The van der Waals surface area contributed by atoms with Crippen molar-refractivity contribution in [2.75, 3.05) is 12.3 Å². The summed E-state index contributed by atoms with van der Waals surface area (Å²) in [6.45, 7) is -0.238. The molecular formula is C10H9NO4S. The van der Waals surface area contributed by atoms with Crippen molar-refractivity contribution in [3.63, 3.8) is 0 Å². The second-order valence-corrected chi connectivity index (χ2v) is 4.29. The number of nitrogens with zero attached hydrogens (tertiary/aromatic N) is 1. The Kier molecular flexibility index (Phi) is 3.09. The van der Waals surface area contributed by atoms with Crippen LogP contribution < -0.4 is 0 Å². The average molecular weight is 239 g/mol. The van der Waals surface area contributed by atoms with Crippen LogP contribution in [-0.4, -0.2) is 34.1 Å². The molecule has 16 heavy (non-hydrogen) atoms. The highest BCUT2D eigenvalue weighted by atomic mass is 32.2. The van der Waals surface area contributed by atoms with Gasteiger partial charge in [-0.05, 0) is 12.1 Å². The van der Waals surface area contributed by atoms with E-state index in [-0.39, 0.29) is 29.2 Å². The first-order chi connectivity index (χ1) is 7.68. The second kappa shape index (κ2) is 4.52. The number of rotatable bonds is 3.